The maximum atomic E-state index is 10.8. The number of aliphatic carboxylic acids is 1. The Morgan fingerprint density at radius 3 is 2.55 bits per heavy atom. The average molecular weight is 427 g/mol. The molecule has 3 rings (SSSR count). The number of carboxylic acid groups (broad SMARTS) is 1. The minimum absolute atomic E-state index is 0.0526. The first-order valence-electron chi connectivity index (χ1n) is 10.9. The number of aliphatic hydroxyl groups excluding tert-OH is 1. The largest absolute Gasteiger partial charge is 0.489 e. The van der Waals surface area contributed by atoms with Crippen molar-refractivity contribution >= 4 is 11.7 Å². The number of carboxylic acids is 1. The molecule has 1 aliphatic carbocycles. The van der Waals surface area contributed by atoms with E-state index in [1.807, 2.05) is 0 Å². The van der Waals surface area contributed by atoms with Gasteiger partial charge in [-0.1, -0.05) is 30.3 Å². The Morgan fingerprint density at radius 1 is 1.23 bits per heavy atom. The molecule has 0 aromatic heterocycles. The molecule has 1 aliphatic rings. The van der Waals surface area contributed by atoms with Gasteiger partial charge in [0.1, 0.15) is 18.5 Å². The molecule has 5 N–H and O–H groups in total. The number of carbonyl (C=O) groups is 1. The van der Waals surface area contributed by atoms with Crippen LogP contribution in [-0.2, 0) is 24.1 Å². The first-order chi connectivity index (χ1) is 14.7. The van der Waals surface area contributed by atoms with Crippen molar-refractivity contribution in [3.05, 3.63) is 59.2 Å². The Kier molecular flexibility index (Phi) is 7.57. The van der Waals surface area contributed by atoms with Crippen LogP contribution in [-0.4, -0.2) is 41.0 Å². The molecule has 0 saturated heterocycles. The number of anilines is 1. The first kappa shape index (κ1) is 23.1. The van der Waals surface area contributed by atoms with E-state index in [4.69, 9.17) is 15.6 Å². The molecule has 2 aromatic carbocycles. The number of aryl methyl sites for hydroxylation is 1. The lowest BCUT2D eigenvalue weighted by Crippen LogP contribution is -2.46. The smallest absolute Gasteiger partial charge is 0.303 e. The maximum absolute atomic E-state index is 10.8. The van der Waals surface area contributed by atoms with Gasteiger partial charge in [0.2, 0.25) is 0 Å². The fourth-order valence-corrected chi connectivity index (χ4v) is 4.34. The zero-order valence-corrected chi connectivity index (χ0v) is 18.4. The van der Waals surface area contributed by atoms with Crippen molar-refractivity contribution in [2.75, 3.05) is 18.9 Å². The number of ether oxygens (including phenoxy) is 1. The van der Waals surface area contributed by atoms with Gasteiger partial charge in [-0.05, 0) is 74.3 Å². The molecular weight excluding hydrogens is 392 g/mol. The number of benzene rings is 2. The molecule has 2 aromatic rings. The summed E-state index contributed by atoms with van der Waals surface area (Å²) >= 11 is 0. The van der Waals surface area contributed by atoms with Gasteiger partial charge in [0.25, 0.3) is 0 Å². The quantitative estimate of drug-likeness (QED) is 0.411. The van der Waals surface area contributed by atoms with Gasteiger partial charge in [-0.15, -0.1) is 0 Å². The van der Waals surface area contributed by atoms with Crippen LogP contribution in [0.25, 0.3) is 0 Å². The first-order valence-corrected chi connectivity index (χ1v) is 10.9. The molecule has 0 radical (unpaired) electrons. The predicted molar refractivity (Wildman–Crippen MR) is 122 cm³/mol. The Morgan fingerprint density at radius 2 is 1.90 bits per heavy atom. The lowest BCUT2D eigenvalue weighted by Gasteiger charge is -2.30. The molecule has 0 saturated carbocycles. The van der Waals surface area contributed by atoms with Gasteiger partial charge in [-0.2, -0.15) is 0 Å². The second kappa shape index (κ2) is 10.2. The number of aliphatic hydroxyl groups is 1. The summed E-state index contributed by atoms with van der Waals surface area (Å²) in [5.41, 5.74) is 10.1. The van der Waals surface area contributed by atoms with E-state index in [0.29, 0.717) is 30.3 Å². The Bertz CT molecular complexity index is 872. The van der Waals surface area contributed by atoms with Crippen molar-refractivity contribution in [1.82, 2.24) is 5.32 Å². The third kappa shape index (κ3) is 6.97. The van der Waals surface area contributed by atoms with Crippen LogP contribution in [0, 0.1) is 5.92 Å². The van der Waals surface area contributed by atoms with Crippen LogP contribution in [0.1, 0.15) is 43.4 Å². The van der Waals surface area contributed by atoms with Crippen molar-refractivity contribution < 1.29 is 19.7 Å². The summed E-state index contributed by atoms with van der Waals surface area (Å²) in [6.45, 7) is 4.89. The molecule has 1 atom stereocenters. The molecule has 168 valence electrons. The van der Waals surface area contributed by atoms with Gasteiger partial charge in [0.15, 0.2) is 0 Å². The summed E-state index contributed by atoms with van der Waals surface area (Å²) in [5, 5.41) is 22.7. The minimum atomic E-state index is -0.843. The number of rotatable bonds is 11. The normalized spacial score (nSPS) is 14.9. The molecule has 0 fully saturated rings. The number of β-amino-alcohol motifs (C(OH)–C–C–N with tert-alkyl or cyclic N) is 1. The van der Waals surface area contributed by atoms with Gasteiger partial charge >= 0.3 is 5.97 Å². The van der Waals surface area contributed by atoms with E-state index >= 15 is 0 Å². The van der Waals surface area contributed by atoms with Crippen LogP contribution >= 0.6 is 0 Å². The number of nitrogens with one attached hydrogen (secondary N) is 1. The highest BCUT2D eigenvalue weighted by atomic mass is 16.5. The summed E-state index contributed by atoms with van der Waals surface area (Å²) in [7, 11) is 0. The van der Waals surface area contributed by atoms with Gasteiger partial charge in [-0.3, -0.25) is 4.79 Å². The zero-order valence-electron chi connectivity index (χ0n) is 18.4. The molecule has 0 unspecified atom stereocenters. The van der Waals surface area contributed by atoms with Gasteiger partial charge in [0, 0.05) is 18.5 Å². The maximum Gasteiger partial charge on any atom is 0.303 e. The zero-order chi connectivity index (χ0) is 22.4. The van der Waals surface area contributed by atoms with E-state index in [0.717, 1.165) is 24.8 Å². The highest BCUT2D eigenvalue weighted by molar-refractivity contribution is 5.67. The predicted octanol–water partition coefficient (Wildman–Crippen LogP) is 3.20. The van der Waals surface area contributed by atoms with Gasteiger partial charge < -0.3 is 26.0 Å². The summed E-state index contributed by atoms with van der Waals surface area (Å²) in [4.78, 5) is 10.8. The van der Waals surface area contributed by atoms with Crippen molar-refractivity contribution in [2.45, 2.75) is 57.6 Å². The fraction of sp³-hybridized carbons (Fsp3) is 0.480. The molecule has 0 amide bonds. The van der Waals surface area contributed by atoms with E-state index in [1.165, 1.54) is 11.1 Å². The molecule has 31 heavy (non-hydrogen) atoms. The number of nitrogens with two attached hydrogens (primary N) is 1. The van der Waals surface area contributed by atoms with Crippen molar-refractivity contribution in [1.29, 1.82) is 0 Å². The third-order valence-corrected chi connectivity index (χ3v) is 5.89. The lowest BCUT2D eigenvalue weighted by molar-refractivity contribution is -0.136. The summed E-state index contributed by atoms with van der Waals surface area (Å²) in [6.07, 6.45) is 3.05. The van der Waals surface area contributed by atoms with Crippen molar-refractivity contribution in [3.63, 3.8) is 0 Å². The summed E-state index contributed by atoms with van der Waals surface area (Å²) < 4.78 is 5.72. The van der Waals surface area contributed by atoms with E-state index in [9.17, 15) is 9.90 Å². The Labute approximate surface area is 184 Å². The standard InChI is InChI=1S/C25H34N2O4/c1-25(2,14-18-11-19-5-3-4-6-20(19)12-18)27-15-21(28)16-31-23-13-17(7-9-22(23)26)8-10-24(29)30/h3-7,9,13,18,21,27-28H,8,10-12,14-16,26H2,1-2H3,(H,29,30)/t21-/m1/s1. The van der Waals surface area contributed by atoms with E-state index in [-0.39, 0.29) is 18.6 Å². The molecule has 0 bridgehead atoms. The number of nitrogen functional groups attached to an aromatic ring is 1. The second-order valence-electron chi connectivity index (χ2n) is 9.24. The highest BCUT2D eigenvalue weighted by Gasteiger charge is 2.28. The molecule has 0 aliphatic heterocycles. The van der Waals surface area contributed by atoms with Crippen LogP contribution in [0.15, 0.2) is 42.5 Å². The SMILES string of the molecule is CC(C)(CC1Cc2ccccc2C1)NC[C@@H](O)COc1cc(CCC(=O)O)ccc1N. The van der Waals surface area contributed by atoms with Crippen LogP contribution in [0.3, 0.4) is 0 Å². The van der Waals surface area contributed by atoms with Crippen LogP contribution in [0.2, 0.25) is 0 Å². The Balaban J connectivity index is 1.44. The van der Waals surface area contributed by atoms with Crippen LogP contribution < -0.4 is 15.8 Å². The second-order valence-corrected chi connectivity index (χ2v) is 9.24. The molecule has 6 nitrogen and oxygen atoms in total. The van der Waals surface area contributed by atoms with Gasteiger partial charge in [-0.25, -0.2) is 0 Å². The van der Waals surface area contributed by atoms with E-state index < -0.39 is 12.1 Å². The van der Waals surface area contributed by atoms with Crippen molar-refractivity contribution in [2.24, 2.45) is 5.92 Å². The number of hydrogen-bond acceptors (Lipinski definition) is 5. The lowest BCUT2D eigenvalue weighted by atomic mass is 9.88. The van der Waals surface area contributed by atoms with Gasteiger partial charge in [0.05, 0.1) is 5.69 Å². The summed E-state index contributed by atoms with van der Waals surface area (Å²) in [5.74, 6) is 0.247. The minimum Gasteiger partial charge on any atom is -0.489 e. The number of hydrogen-bond donors (Lipinski definition) is 4. The van der Waals surface area contributed by atoms with Crippen molar-refractivity contribution in [3.8, 4) is 5.75 Å². The third-order valence-electron chi connectivity index (χ3n) is 5.89. The van der Waals surface area contributed by atoms with E-state index in [1.54, 1.807) is 18.2 Å². The number of fused-ring (bicyclic) bond motifs is 1. The fourth-order valence-electron chi connectivity index (χ4n) is 4.34. The average Bonchev–Trinajstić information content (AvgIpc) is 3.12. The molecule has 0 spiro atoms. The molecule has 6 heteroatoms. The molecular formula is C25H34N2O4. The highest BCUT2D eigenvalue weighted by Crippen LogP contribution is 2.32. The topological polar surface area (TPSA) is 105 Å². The molecule has 0 heterocycles. The van der Waals surface area contributed by atoms with Crippen LogP contribution in [0.4, 0.5) is 5.69 Å². The van der Waals surface area contributed by atoms with E-state index in [2.05, 4.69) is 43.4 Å². The van der Waals surface area contributed by atoms with Crippen LogP contribution in [0.5, 0.6) is 5.75 Å². The monoisotopic (exact) mass is 426 g/mol. The summed E-state index contributed by atoms with van der Waals surface area (Å²) in [6, 6.07) is 13.9. The Hall–Kier alpha value is -2.57.